The smallest absolute Gasteiger partial charge is 0.335 e. The van der Waals surface area contributed by atoms with Gasteiger partial charge in [0.25, 0.3) is 0 Å². The van der Waals surface area contributed by atoms with Crippen LogP contribution in [0.15, 0.2) is 84.9 Å². The van der Waals surface area contributed by atoms with Gasteiger partial charge in [-0.05, 0) is 48.7 Å². The van der Waals surface area contributed by atoms with Gasteiger partial charge in [-0.1, -0.05) is 60.7 Å². The van der Waals surface area contributed by atoms with Crippen molar-refractivity contribution in [2.75, 3.05) is 13.2 Å². The van der Waals surface area contributed by atoms with Crippen LogP contribution in [0.2, 0.25) is 0 Å². The van der Waals surface area contributed by atoms with E-state index in [2.05, 4.69) is 0 Å². The van der Waals surface area contributed by atoms with Crippen LogP contribution in [0.4, 0.5) is 0 Å². The number of carboxylic acid groups (broad SMARTS) is 1. The van der Waals surface area contributed by atoms with E-state index in [0.29, 0.717) is 18.6 Å². The van der Waals surface area contributed by atoms with Crippen molar-refractivity contribution in [2.24, 2.45) is 0 Å². The molecule has 0 saturated carbocycles. The fourth-order valence-electron chi connectivity index (χ4n) is 3.78. The van der Waals surface area contributed by atoms with Crippen molar-refractivity contribution in [3.8, 4) is 5.75 Å². The number of rotatable bonds is 12. The second-order valence-electron chi connectivity index (χ2n) is 8.20. The van der Waals surface area contributed by atoms with Crippen LogP contribution in [0.25, 0.3) is 0 Å². The van der Waals surface area contributed by atoms with Gasteiger partial charge in [0, 0.05) is 19.0 Å². The number of benzene rings is 3. The van der Waals surface area contributed by atoms with Gasteiger partial charge in [0.1, 0.15) is 24.7 Å². The summed E-state index contributed by atoms with van der Waals surface area (Å²) in [6.07, 6.45) is -0.576. The lowest BCUT2D eigenvalue weighted by atomic mass is 10.0. The number of nitrogens with zero attached hydrogens (tertiary/aromatic N) is 1. The quantitative estimate of drug-likeness (QED) is 0.366. The van der Waals surface area contributed by atoms with Crippen molar-refractivity contribution in [3.05, 3.63) is 102 Å². The molecule has 0 bridgehead atoms. The highest BCUT2D eigenvalue weighted by Gasteiger charge is 2.25. The Balaban J connectivity index is 1.68. The van der Waals surface area contributed by atoms with Gasteiger partial charge in [-0.2, -0.15) is 0 Å². The van der Waals surface area contributed by atoms with Gasteiger partial charge >= 0.3 is 5.97 Å². The summed E-state index contributed by atoms with van der Waals surface area (Å²) >= 11 is 0. The molecule has 0 unspecified atom stereocenters. The first-order chi connectivity index (χ1) is 15.9. The van der Waals surface area contributed by atoms with E-state index in [9.17, 15) is 15.0 Å². The zero-order valence-corrected chi connectivity index (χ0v) is 18.7. The molecule has 0 aliphatic carbocycles. The fourth-order valence-corrected chi connectivity index (χ4v) is 3.78. The molecule has 0 saturated heterocycles. The van der Waals surface area contributed by atoms with Crippen LogP contribution >= 0.6 is 0 Å². The van der Waals surface area contributed by atoms with Crippen LogP contribution in [-0.4, -0.2) is 57.7 Å². The minimum atomic E-state index is -0.962. The van der Waals surface area contributed by atoms with Crippen LogP contribution in [0, 0.1) is 0 Å². The Kier molecular flexibility index (Phi) is 9.01. The molecule has 174 valence electrons. The Morgan fingerprint density at radius 1 is 0.848 bits per heavy atom. The summed E-state index contributed by atoms with van der Waals surface area (Å²) in [6.45, 7) is 2.33. The summed E-state index contributed by atoms with van der Waals surface area (Å²) in [5.41, 5.74) is 2.20. The van der Waals surface area contributed by atoms with Gasteiger partial charge in [0.15, 0.2) is 0 Å². The van der Waals surface area contributed by atoms with Gasteiger partial charge in [-0.3, -0.25) is 4.90 Å². The van der Waals surface area contributed by atoms with E-state index in [4.69, 9.17) is 9.84 Å². The maximum atomic E-state index is 11.1. The predicted molar refractivity (Wildman–Crippen MR) is 127 cm³/mol. The Morgan fingerprint density at radius 2 is 1.42 bits per heavy atom. The third kappa shape index (κ3) is 7.71. The third-order valence-electron chi connectivity index (χ3n) is 5.55. The number of para-hydroxylation sites is 1. The third-order valence-corrected chi connectivity index (χ3v) is 5.55. The molecule has 0 amide bonds. The Bertz CT molecular complexity index is 978. The molecule has 3 atom stereocenters. The topological polar surface area (TPSA) is 90.2 Å². The first-order valence-corrected chi connectivity index (χ1v) is 11.1. The highest BCUT2D eigenvalue weighted by molar-refractivity contribution is 5.87. The van der Waals surface area contributed by atoms with Gasteiger partial charge in [0.2, 0.25) is 0 Å². The van der Waals surface area contributed by atoms with Crippen molar-refractivity contribution in [1.29, 1.82) is 0 Å². The first-order valence-electron chi connectivity index (χ1n) is 11.1. The molecule has 0 heterocycles. The van der Waals surface area contributed by atoms with Gasteiger partial charge < -0.3 is 20.1 Å². The molecule has 6 nitrogen and oxygen atoms in total. The highest BCUT2D eigenvalue weighted by Crippen LogP contribution is 2.17. The Morgan fingerprint density at radius 3 is 2.03 bits per heavy atom. The average molecular weight is 450 g/mol. The second kappa shape index (κ2) is 12.2. The summed E-state index contributed by atoms with van der Waals surface area (Å²) in [4.78, 5) is 13.0. The van der Waals surface area contributed by atoms with E-state index >= 15 is 0 Å². The molecule has 0 fully saturated rings. The van der Waals surface area contributed by atoms with Crippen LogP contribution < -0.4 is 4.74 Å². The molecule has 33 heavy (non-hydrogen) atoms. The summed E-state index contributed by atoms with van der Waals surface area (Å²) in [5.74, 6) is -0.282. The number of aliphatic hydroxyl groups is 2. The lowest BCUT2D eigenvalue weighted by Gasteiger charge is -2.35. The number of aliphatic hydroxyl groups excluding tert-OH is 2. The van der Waals surface area contributed by atoms with Crippen molar-refractivity contribution in [1.82, 2.24) is 4.90 Å². The van der Waals surface area contributed by atoms with Gasteiger partial charge in [-0.25, -0.2) is 4.79 Å². The minimum absolute atomic E-state index is 0.106. The summed E-state index contributed by atoms with van der Waals surface area (Å²) in [6, 6.07) is 25.7. The van der Waals surface area contributed by atoms with Crippen LogP contribution in [0.1, 0.15) is 28.4 Å². The first kappa shape index (κ1) is 24.5. The number of carboxylic acids is 1. The summed E-state index contributed by atoms with van der Waals surface area (Å²) in [5, 5.41) is 30.8. The highest BCUT2D eigenvalue weighted by atomic mass is 16.5. The summed E-state index contributed by atoms with van der Waals surface area (Å²) in [7, 11) is 0. The van der Waals surface area contributed by atoms with E-state index in [1.807, 2.05) is 72.5 Å². The number of hydrogen-bond donors (Lipinski definition) is 3. The fraction of sp³-hybridized carbons (Fsp3) is 0.296. The number of ether oxygens (including phenoxy) is 1. The molecule has 3 N–H and O–H groups in total. The average Bonchev–Trinajstić information content (AvgIpc) is 2.82. The molecule has 3 aromatic rings. The minimum Gasteiger partial charge on any atom is -0.491 e. The van der Waals surface area contributed by atoms with E-state index in [1.54, 1.807) is 24.3 Å². The number of aromatic carboxylic acids is 1. The molecular weight excluding hydrogens is 418 g/mol. The largest absolute Gasteiger partial charge is 0.491 e. The van der Waals surface area contributed by atoms with Crippen LogP contribution in [0.5, 0.6) is 5.75 Å². The maximum Gasteiger partial charge on any atom is 0.335 e. The van der Waals surface area contributed by atoms with Crippen molar-refractivity contribution < 1.29 is 24.9 Å². The van der Waals surface area contributed by atoms with Crippen molar-refractivity contribution in [3.63, 3.8) is 0 Å². The zero-order valence-electron chi connectivity index (χ0n) is 18.7. The van der Waals surface area contributed by atoms with E-state index in [-0.39, 0.29) is 24.8 Å². The van der Waals surface area contributed by atoms with E-state index < -0.39 is 18.3 Å². The molecule has 0 aromatic heterocycles. The SMILES string of the molecule is C[C@H](Cc1ccc(C(=O)O)cc1)N(C[C@H](O)COc1ccccc1)[C@H](O)Cc1ccccc1. The lowest BCUT2D eigenvalue weighted by molar-refractivity contribution is -0.0506. The monoisotopic (exact) mass is 449 g/mol. The number of carbonyl (C=O) groups is 1. The number of hydrogen-bond acceptors (Lipinski definition) is 5. The molecule has 0 radical (unpaired) electrons. The summed E-state index contributed by atoms with van der Waals surface area (Å²) < 4.78 is 5.69. The van der Waals surface area contributed by atoms with Gasteiger partial charge in [0.05, 0.1) is 5.56 Å². The lowest BCUT2D eigenvalue weighted by Crippen LogP contribution is -2.48. The molecule has 3 rings (SSSR count). The normalized spacial score (nSPS) is 13.9. The Hall–Kier alpha value is -3.19. The molecule has 0 aliphatic heterocycles. The molecule has 0 aliphatic rings. The molecule has 6 heteroatoms. The van der Waals surface area contributed by atoms with Crippen molar-refractivity contribution in [2.45, 2.75) is 38.1 Å². The maximum absolute atomic E-state index is 11.1. The van der Waals surface area contributed by atoms with E-state index in [1.165, 1.54) is 0 Å². The molecule has 3 aromatic carbocycles. The van der Waals surface area contributed by atoms with E-state index in [0.717, 1.165) is 11.1 Å². The van der Waals surface area contributed by atoms with Crippen LogP contribution in [-0.2, 0) is 12.8 Å². The Labute approximate surface area is 194 Å². The second-order valence-corrected chi connectivity index (χ2v) is 8.20. The van der Waals surface area contributed by atoms with Crippen LogP contribution in [0.3, 0.4) is 0 Å². The zero-order chi connectivity index (χ0) is 23.6. The van der Waals surface area contributed by atoms with Gasteiger partial charge in [-0.15, -0.1) is 0 Å². The molecular formula is C27H31NO5. The predicted octanol–water partition coefficient (Wildman–Crippen LogP) is 3.62. The molecule has 0 spiro atoms. The van der Waals surface area contributed by atoms with Crippen molar-refractivity contribution >= 4 is 5.97 Å². The standard InChI is InChI=1S/C27H31NO5/c1-20(16-22-12-14-23(15-13-22)27(31)32)28(26(30)17-21-8-4-2-5-9-21)18-24(29)19-33-25-10-6-3-7-11-25/h2-15,20,24,26,29-30H,16-19H2,1H3,(H,31,32)/t20-,24+,26-/m1/s1.